The first-order valence-corrected chi connectivity index (χ1v) is 11.0. The van der Waals surface area contributed by atoms with Crippen LogP contribution >= 0.6 is 0 Å². The maximum absolute atomic E-state index is 13.4. The molecule has 3 rings (SSSR count). The molecule has 0 aromatic heterocycles. The number of aryl methyl sites for hydroxylation is 1. The number of carbonyl (C=O) groups excluding carboxylic acids is 1. The summed E-state index contributed by atoms with van der Waals surface area (Å²) < 4.78 is 29.6. The smallest absolute Gasteiger partial charge is 0.258 e. The van der Waals surface area contributed by atoms with Gasteiger partial charge in [0, 0.05) is 12.6 Å². The molecular formula is C21H25NO4S. The molecule has 2 aromatic rings. The second kappa shape index (κ2) is 8.13. The molecule has 1 saturated heterocycles. The molecule has 0 spiro atoms. The monoisotopic (exact) mass is 387 g/mol. The van der Waals surface area contributed by atoms with E-state index in [0.29, 0.717) is 30.9 Å². The highest BCUT2D eigenvalue weighted by molar-refractivity contribution is 7.91. The minimum absolute atomic E-state index is 0.0153. The van der Waals surface area contributed by atoms with Crippen LogP contribution < -0.4 is 4.74 Å². The predicted molar refractivity (Wildman–Crippen MR) is 106 cm³/mol. The maximum Gasteiger partial charge on any atom is 0.258 e. The minimum Gasteiger partial charge on any atom is -0.493 e. The van der Waals surface area contributed by atoms with Crippen LogP contribution in [0.25, 0.3) is 0 Å². The number of ether oxygens (including phenoxy) is 1. The van der Waals surface area contributed by atoms with Crippen LogP contribution in [0, 0.1) is 6.92 Å². The van der Waals surface area contributed by atoms with Crippen molar-refractivity contribution in [2.75, 3.05) is 18.1 Å². The van der Waals surface area contributed by atoms with Gasteiger partial charge in [0.25, 0.3) is 5.91 Å². The highest BCUT2D eigenvalue weighted by Gasteiger charge is 2.35. The fourth-order valence-corrected chi connectivity index (χ4v) is 5.09. The molecule has 0 bridgehead atoms. The van der Waals surface area contributed by atoms with E-state index < -0.39 is 9.84 Å². The molecule has 1 fully saturated rings. The molecule has 27 heavy (non-hydrogen) atoms. The number of rotatable bonds is 6. The first-order valence-electron chi connectivity index (χ1n) is 9.18. The molecule has 2 aromatic carbocycles. The molecule has 1 amide bonds. The van der Waals surface area contributed by atoms with Crippen molar-refractivity contribution in [3.05, 3.63) is 65.2 Å². The average molecular weight is 388 g/mol. The Kier molecular flexibility index (Phi) is 5.85. The molecule has 0 N–H and O–H groups in total. The van der Waals surface area contributed by atoms with Crippen LogP contribution in [0.4, 0.5) is 0 Å². The lowest BCUT2D eigenvalue weighted by Crippen LogP contribution is -2.40. The highest BCUT2D eigenvalue weighted by atomic mass is 32.2. The third kappa shape index (κ3) is 4.69. The lowest BCUT2D eigenvalue weighted by Gasteiger charge is -2.29. The third-order valence-electron chi connectivity index (χ3n) is 4.80. The van der Waals surface area contributed by atoms with Crippen molar-refractivity contribution in [3.8, 4) is 5.75 Å². The van der Waals surface area contributed by atoms with Gasteiger partial charge in [-0.3, -0.25) is 4.79 Å². The molecule has 1 aliphatic heterocycles. The van der Waals surface area contributed by atoms with Gasteiger partial charge in [-0.05, 0) is 38.0 Å². The van der Waals surface area contributed by atoms with Gasteiger partial charge in [-0.2, -0.15) is 0 Å². The molecule has 0 unspecified atom stereocenters. The zero-order valence-corrected chi connectivity index (χ0v) is 16.5. The van der Waals surface area contributed by atoms with E-state index in [0.717, 1.165) is 11.1 Å². The minimum atomic E-state index is -3.10. The van der Waals surface area contributed by atoms with Gasteiger partial charge in [0.15, 0.2) is 9.84 Å². The molecule has 1 aliphatic rings. The van der Waals surface area contributed by atoms with Crippen LogP contribution in [0.2, 0.25) is 0 Å². The van der Waals surface area contributed by atoms with Gasteiger partial charge < -0.3 is 9.64 Å². The van der Waals surface area contributed by atoms with Crippen molar-refractivity contribution in [3.63, 3.8) is 0 Å². The Morgan fingerprint density at radius 1 is 1.15 bits per heavy atom. The summed E-state index contributed by atoms with van der Waals surface area (Å²) in [6.07, 6.45) is 0.469. The van der Waals surface area contributed by atoms with Gasteiger partial charge in [0.05, 0.1) is 23.7 Å². The van der Waals surface area contributed by atoms with E-state index in [1.54, 1.807) is 23.1 Å². The SMILES string of the molecule is CCOc1ccccc1C(=O)N(Cc1ccc(C)cc1)[C@@H]1CCS(=O)(=O)C1. The van der Waals surface area contributed by atoms with E-state index in [2.05, 4.69) is 0 Å². The van der Waals surface area contributed by atoms with Crippen molar-refractivity contribution >= 4 is 15.7 Å². The number of carbonyl (C=O) groups is 1. The van der Waals surface area contributed by atoms with E-state index in [-0.39, 0.29) is 23.5 Å². The maximum atomic E-state index is 13.4. The fraction of sp³-hybridized carbons (Fsp3) is 0.381. The summed E-state index contributed by atoms with van der Waals surface area (Å²) in [5.74, 6) is 0.477. The lowest BCUT2D eigenvalue weighted by atomic mass is 10.1. The molecule has 1 atom stereocenters. The summed E-state index contributed by atoms with van der Waals surface area (Å²) in [5, 5.41) is 0. The quantitative estimate of drug-likeness (QED) is 0.763. The standard InChI is InChI=1S/C21H25NO4S/c1-3-26-20-7-5-4-6-19(20)21(23)22(18-12-13-27(24,25)15-18)14-17-10-8-16(2)9-11-17/h4-11,18H,3,12-15H2,1-2H3/t18-/m1/s1. The third-order valence-corrected chi connectivity index (χ3v) is 6.55. The van der Waals surface area contributed by atoms with Crippen LogP contribution in [0.15, 0.2) is 48.5 Å². The van der Waals surface area contributed by atoms with Crippen molar-refractivity contribution in [2.45, 2.75) is 32.9 Å². The molecule has 144 valence electrons. The lowest BCUT2D eigenvalue weighted by molar-refractivity contribution is 0.0676. The first kappa shape index (κ1) is 19.4. The second-order valence-corrected chi connectivity index (χ2v) is 9.13. The van der Waals surface area contributed by atoms with Gasteiger partial charge in [-0.1, -0.05) is 42.0 Å². The largest absolute Gasteiger partial charge is 0.493 e. The van der Waals surface area contributed by atoms with Crippen molar-refractivity contribution in [2.24, 2.45) is 0 Å². The molecule has 6 heteroatoms. The van der Waals surface area contributed by atoms with Gasteiger partial charge in [0.2, 0.25) is 0 Å². The first-order chi connectivity index (χ1) is 12.9. The molecule has 5 nitrogen and oxygen atoms in total. The Bertz CT molecular complexity index is 906. The summed E-state index contributed by atoms with van der Waals surface area (Å²) in [7, 11) is -3.10. The van der Waals surface area contributed by atoms with E-state index in [1.165, 1.54) is 0 Å². The van der Waals surface area contributed by atoms with Crippen molar-refractivity contribution in [1.29, 1.82) is 0 Å². The van der Waals surface area contributed by atoms with Gasteiger partial charge in [-0.25, -0.2) is 8.42 Å². The van der Waals surface area contributed by atoms with Crippen LogP contribution in [0.1, 0.15) is 34.8 Å². The average Bonchev–Trinajstić information content (AvgIpc) is 3.01. The van der Waals surface area contributed by atoms with E-state index in [1.807, 2.05) is 44.2 Å². The predicted octanol–water partition coefficient (Wildman–Crippen LogP) is 3.22. The summed E-state index contributed by atoms with van der Waals surface area (Å²) >= 11 is 0. The fourth-order valence-electron chi connectivity index (χ4n) is 3.36. The Labute approximate surface area is 160 Å². The number of amides is 1. The van der Waals surface area contributed by atoms with Crippen LogP contribution in [-0.2, 0) is 16.4 Å². The number of para-hydroxylation sites is 1. The normalized spacial score (nSPS) is 18.2. The number of sulfone groups is 1. The molecule has 0 saturated carbocycles. The molecule has 1 heterocycles. The summed E-state index contributed by atoms with van der Waals surface area (Å²) in [6, 6.07) is 14.8. The number of nitrogens with zero attached hydrogens (tertiary/aromatic N) is 1. The number of hydrogen-bond donors (Lipinski definition) is 0. The number of hydrogen-bond acceptors (Lipinski definition) is 4. The van der Waals surface area contributed by atoms with Crippen LogP contribution in [-0.4, -0.2) is 43.4 Å². The van der Waals surface area contributed by atoms with E-state index in [4.69, 9.17) is 4.74 Å². The topological polar surface area (TPSA) is 63.7 Å². The zero-order valence-electron chi connectivity index (χ0n) is 15.7. The Balaban J connectivity index is 1.94. The summed E-state index contributed by atoms with van der Waals surface area (Å²) in [5.41, 5.74) is 2.59. The summed E-state index contributed by atoms with van der Waals surface area (Å²) in [6.45, 7) is 4.71. The Morgan fingerprint density at radius 3 is 2.48 bits per heavy atom. The van der Waals surface area contributed by atoms with Crippen LogP contribution in [0.5, 0.6) is 5.75 Å². The second-order valence-electron chi connectivity index (χ2n) is 6.90. The highest BCUT2D eigenvalue weighted by Crippen LogP contribution is 2.26. The summed E-state index contributed by atoms with van der Waals surface area (Å²) in [4.78, 5) is 15.0. The molecule has 0 aliphatic carbocycles. The van der Waals surface area contributed by atoms with E-state index >= 15 is 0 Å². The Hall–Kier alpha value is -2.34. The zero-order chi connectivity index (χ0) is 19.4. The number of benzene rings is 2. The van der Waals surface area contributed by atoms with Crippen LogP contribution in [0.3, 0.4) is 0 Å². The Morgan fingerprint density at radius 2 is 1.85 bits per heavy atom. The molecular weight excluding hydrogens is 362 g/mol. The van der Waals surface area contributed by atoms with Gasteiger partial charge in [-0.15, -0.1) is 0 Å². The van der Waals surface area contributed by atoms with Gasteiger partial charge >= 0.3 is 0 Å². The van der Waals surface area contributed by atoms with Gasteiger partial charge in [0.1, 0.15) is 5.75 Å². The van der Waals surface area contributed by atoms with Crippen molar-refractivity contribution < 1.29 is 17.9 Å². The van der Waals surface area contributed by atoms with Crippen molar-refractivity contribution in [1.82, 2.24) is 4.90 Å². The van der Waals surface area contributed by atoms with E-state index in [9.17, 15) is 13.2 Å². The molecule has 0 radical (unpaired) electrons.